The van der Waals surface area contributed by atoms with E-state index >= 15 is 0 Å². The van der Waals surface area contributed by atoms with E-state index in [2.05, 4.69) is 67.7 Å². The maximum atomic E-state index is 12.5. The number of ether oxygens (including phenoxy) is 2. The third kappa shape index (κ3) is 9.40. The zero-order valence-electron chi connectivity index (χ0n) is 26.8. The zero-order valence-corrected chi connectivity index (χ0v) is 28.8. The fourth-order valence-electron chi connectivity index (χ4n) is 3.20. The number of hydrogen-bond donors (Lipinski definition) is 1. The van der Waals surface area contributed by atoms with Crippen molar-refractivity contribution in [3.05, 3.63) is 71.5 Å². The molecular weight excluding hydrogens is 549 g/mol. The largest absolute Gasteiger partial charge is 0.541 e. The molecule has 0 aliphatic carbocycles. The van der Waals surface area contributed by atoms with Crippen molar-refractivity contribution >= 4 is 34.6 Å². The van der Waals surface area contributed by atoms with E-state index in [0.29, 0.717) is 23.0 Å². The molecule has 0 amide bonds. The Morgan fingerprint density at radius 1 is 0.683 bits per heavy atom. The van der Waals surface area contributed by atoms with Crippen LogP contribution in [0.2, 0.25) is 36.3 Å². The van der Waals surface area contributed by atoms with Crippen molar-refractivity contribution < 1.29 is 28.2 Å². The SMILES string of the molecule is COc1cc(C=CC(=O)C=C(O)C=Cc2ccc(O[Si](C)(C)C(C)(C)C)c(OC)c2)ccc1O[Si](C)(C)C(C)(C)C. The molecule has 1 N–H and O–H groups in total. The van der Waals surface area contributed by atoms with E-state index < -0.39 is 16.6 Å². The summed E-state index contributed by atoms with van der Waals surface area (Å²) in [4.78, 5) is 12.5. The van der Waals surface area contributed by atoms with Gasteiger partial charge in [0.15, 0.2) is 17.3 Å². The van der Waals surface area contributed by atoms with Crippen molar-refractivity contribution in [1.82, 2.24) is 0 Å². The van der Waals surface area contributed by atoms with E-state index in [0.717, 1.165) is 11.1 Å². The van der Waals surface area contributed by atoms with Gasteiger partial charge < -0.3 is 23.4 Å². The molecule has 0 saturated carbocycles. The summed E-state index contributed by atoms with van der Waals surface area (Å²) in [5, 5.41) is 10.4. The van der Waals surface area contributed by atoms with Crippen molar-refractivity contribution in [1.29, 1.82) is 0 Å². The number of carbonyl (C=O) groups is 1. The summed E-state index contributed by atoms with van der Waals surface area (Å²) >= 11 is 0. The van der Waals surface area contributed by atoms with Gasteiger partial charge in [-0.05, 0) is 83.8 Å². The number of allylic oxidation sites excluding steroid dienone is 3. The molecule has 0 spiro atoms. The maximum Gasteiger partial charge on any atom is 0.250 e. The van der Waals surface area contributed by atoms with Gasteiger partial charge in [-0.1, -0.05) is 65.8 Å². The normalized spacial score (nSPS) is 13.5. The molecule has 0 aromatic heterocycles. The molecule has 224 valence electrons. The van der Waals surface area contributed by atoms with Crippen molar-refractivity contribution in [3.8, 4) is 23.0 Å². The summed E-state index contributed by atoms with van der Waals surface area (Å²) in [6, 6.07) is 11.2. The predicted molar refractivity (Wildman–Crippen MR) is 175 cm³/mol. The topological polar surface area (TPSA) is 74.2 Å². The highest BCUT2D eigenvalue weighted by Gasteiger charge is 2.40. The van der Waals surface area contributed by atoms with Gasteiger partial charge in [0.05, 0.1) is 14.2 Å². The molecule has 6 nitrogen and oxygen atoms in total. The first-order chi connectivity index (χ1) is 18.8. The fraction of sp³-hybridized carbons (Fsp3) is 0.424. The molecule has 2 aromatic rings. The van der Waals surface area contributed by atoms with Gasteiger partial charge in [-0.25, -0.2) is 0 Å². The van der Waals surface area contributed by atoms with Crippen LogP contribution in [0.3, 0.4) is 0 Å². The molecule has 0 radical (unpaired) electrons. The van der Waals surface area contributed by atoms with Gasteiger partial charge in [-0.2, -0.15) is 0 Å². The number of hydrogen-bond acceptors (Lipinski definition) is 6. The lowest BCUT2D eigenvalue weighted by Gasteiger charge is -2.36. The molecule has 0 saturated heterocycles. The summed E-state index contributed by atoms with van der Waals surface area (Å²) in [5.41, 5.74) is 1.59. The highest BCUT2D eigenvalue weighted by atomic mass is 28.4. The van der Waals surface area contributed by atoms with Gasteiger partial charge in [0, 0.05) is 6.08 Å². The van der Waals surface area contributed by atoms with Crippen LogP contribution in [0.25, 0.3) is 12.2 Å². The second kappa shape index (κ2) is 13.2. The Labute approximate surface area is 249 Å². The monoisotopic (exact) mass is 596 g/mol. The number of ketones is 1. The predicted octanol–water partition coefficient (Wildman–Crippen LogP) is 9.21. The lowest BCUT2D eigenvalue weighted by molar-refractivity contribution is -0.110. The molecular formula is C33H48O6Si2. The smallest absolute Gasteiger partial charge is 0.250 e. The number of methoxy groups -OCH3 is 2. The summed E-state index contributed by atoms with van der Waals surface area (Å²) in [6.45, 7) is 21.9. The van der Waals surface area contributed by atoms with Crippen LogP contribution in [-0.4, -0.2) is 41.7 Å². The van der Waals surface area contributed by atoms with Crippen LogP contribution in [0.1, 0.15) is 52.7 Å². The second-order valence-electron chi connectivity index (χ2n) is 13.2. The Hall–Kier alpha value is -3.24. The number of carbonyl (C=O) groups excluding carboxylic acids is 1. The Bertz CT molecular complexity index is 1310. The van der Waals surface area contributed by atoms with Gasteiger partial charge in [-0.15, -0.1) is 0 Å². The fourth-order valence-corrected chi connectivity index (χ4v) is 5.25. The molecule has 0 unspecified atom stereocenters. The van der Waals surface area contributed by atoms with E-state index in [-0.39, 0.29) is 21.6 Å². The van der Waals surface area contributed by atoms with E-state index in [1.807, 2.05) is 36.4 Å². The van der Waals surface area contributed by atoms with Crippen molar-refractivity contribution in [2.75, 3.05) is 14.2 Å². The minimum absolute atomic E-state index is 0.0560. The summed E-state index contributed by atoms with van der Waals surface area (Å²) in [5.74, 6) is 2.13. The minimum atomic E-state index is -2.03. The zero-order chi connectivity index (χ0) is 31.2. The van der Waals surface area contributed by atoms with Crippen molar-refractivity contribution in [2.24, 2.45) is 0 Å². The Morgan fingerprint density at radius 2 is 1.07 bits per heavy atom. The van der Waals surface area contributed by atoms with Gasteiger partial charge in [-0.3, -0.25) is 4.79 Å². The first-order valence-electron chi connectivity index (χ1n) is 13.8. The quantitative estimate of drug-likeness (QED) is 0.121. The van der Waals surface area contributed by atoms with Gasteiger partial charge in [0.2, 0.25) is 0 Å². The van der Waals surface area contributed by atoms with Gasteiger partial charge in [0.1, 0.15) is 17.3 Å². The van der Waals surface area contributed by atoms with Gasteiger partial charge >= 0.3 is 0 Å². The van der Waals surface area contributed by atoms with E-state index in [1.54, 1.807) is 26.4 Å². The van der Waals surface area contributed by atoms with Crippen LogP contribution in [-0.2, 0) is 4.79 Å². The Kier molecular flexibility index (Phi) is 10.9. The number of aliphatic hydroxyl groups excluding tert-OH is 1. The van der Waals surface area contributed by atoms with Crippen LogP contribution in [0.4, 0.5) is 0 Å². The molecule has 0 heterocycles. The molecule has 0 atom stereocenters. The highest BCUT2D eigenvalue weighted by Crippen LogP contribution is 2.41. The van der Waals surface area contributed by atoms with Crippen molar-refractivity contribution in [3.63, 3.8) is 0 Å². The molecule has 0 bridgehead atoms. The maximum absolute atomic E-state index is 12.5. The molecule has 0 aliphatic heterocycles. The summed E-state index contributed by atoms with van der Waals surface area (Å²) < 4.78 is 23.9. The second-order valence-corrected chi connectivity index (χ2v) is 22.6. The molecule has 41 heavy (non-hydrogen) atoms. The van der Waals surface area contributed by atoms with Crippen LogP contribution in [0.5, 0.6) is 23.0 Å². The average molecular weight is 597 g/mol. The number of benzene rings is 2. The lowest BCUT2D eigenvalue weighted by atomic mass is 10.1. The van der Waals surface area contributed by atoms with E-state index in [1.165, 1.54) is 18.2 Å². The molecule has 0 fully saturated rings. The molecule has 2 aromatic carbocycles. The highest BCUT2D eigenvalue weighted by molar-refractivity contribution is 6.75. The molecule has 2 rings (SSSR count). The molecule has 8 heteroatoms. The Morgan fingerprint density at radius 3 is 1.44 bits per heavy atom. The van der Waals surface area contributed by atoms with Gasteiger partial charge in [0.25, 0.3) is 16.6 Å². The van der Waals surface area contributed by atoms with E-state index in [9.17, 15) is 9.90 Å². The van der Waals surface area contributed by atoms with Crippen LogP contribution in [0.15, 0.2) is 60.4 Å². The number of aliphatic hydroxyl groups is 1. The van der Waals surface area contributed by atoms with Crippen LogP contribution in [0, 0.1) is 0 Å². The molecule has 0 aliphatic rings. The van der Waals surface area contributed by atoms with E-state index in [4.69, 9.17) is 18.3 Å². The summed E-state index contributed by atoms with van der Waals surface area (Å²) in [7, 11) is -0.848. The first-order valence-corrected chi connectivity index (χ1v) is 19.7. The Balaban J connectivity index is 2.13. The number of rotatable bonds is 11. The third-order valence-corrected chi connectivity index (χ3v) is 16.6. The lowest BCUT2D eigenvalue weighted by Crippen LogP contribution is -2.43. The van der Waals surface area contributed by atoms with Crippen LogP contribution < -0.4 is 18.3 Å². The third-order valence-electron chi connectivity index (χ3n) is 7.89. The summed E-state index contributed by atoms with van der Waals surface area (Å²) in [6.07, 6.45) is 7.45. The minimum Gasteiger partial charge on any atom is -0.541 e. The standard InChI is InChI=1S/C33H48O6Si2/c1-32(2,3)40(9,10)38-28-19-15-24(21-30(28)36-7)13-17-26(34)23-27(35)18-14-25-16-20-29(31(22-25)37-8)39-41(11,12)33(4,5)6/h13-23,34H,1-12H3. The first kappa shape index (κ1) is 34.0. The average Bonchev–Trinajstić information content (AvgIpc) is 2.85. The van der Waals surface area contributed by atoms with Crippen LogP contribution >= 0.6 is 0 Å². The van der Waals surface area contributed by atoms with Crippen molar-refractivity contribution in [2.45, 2.75) is 77.8 Å².